The van der Waals surface area contributed by atoms with Gasteiger partial charge in [-0.2, -0.15) is 5.26 Å². The molecule has 0 radical (unpaired) electrons. The fourth-order valence-corrected chi connectivity index (χ4v) is 3.87. The molecular weight excluding hydrogens is 511 g/mol. The highest BCUT2D eigenvalue weighted by atomic mass is 79.9. The molecule has 0 spiro atoms. The number of hydrogen-bond acceptors (Lipinski definition) is 4. The first-order chi connectivity index (χ1) is 15.9. The van der Waals surface area contributed by atoms with E-state index in [9.17, 15) is 14.4 Å². The summed E-state index contributed by atoms with van der Waals surface area (Å²) in [5.74, 6) is 0.127. The molecule has 0 atom stereocenters. The van der Waals surface area contributed by atoms with Gasteiger partial charge in [0, 0.05) is 11.8 Å². The summed E-state index contributed by atoms with van der Waals surface area (Å²) in [6.07, 6.45) is 1.43. The molecule has 168 valence electrons. The summed E-state index contributed by atoms with van der Waals surface area (Å²) in [7, 11) is 0. The highest BCUT2D eigenvalue weighted by Gasteiger charge is 2.13. The molecule has 1 amide bonds. The van der Waals surface area contributed by atoms with E-state index >= 15 is 0 Å². The van der Waals surface area contributed by atoms with Gasteiger partial charge in [-0.15, -0.1) is 0 Å². The molecule has 3 rings (SSSR count). The van der Waals surface area contributed by atoms with Gasteiger partial charge >= 0.3 is 0 Å². The quantitative estimate of drug-likeness (QED) is 0.258. The van der Waals surface area contributed by atoms with Crippen molar-refractivity contribution in [3.05, 3.63) is 92.7 Å². The molecular formula is C25H19BrClFN2O3. The predicted molar refractivity (Wildman–Crippen MR) is 130 cm³/mol. The Labute approximate surface area is 204 Å². The van der Waals surface area contributed by atoms with Crippen molar-refractivity contribution in [3.63, 3.8) is 0 Å². The molecule has 3 aromatic rings. The summed E-state index contributed by atoms with van der Waals surface area (Å²) in [4.78, 5) is 12.6. The van der Waals surface area contributed by atoms with Gasteiger partial charge in [0.25, 0.3) is 5.91 Å². The molecule has 0 aliphatic carbocycles. The second kappa shape index (κ2) is 11.5. The Kier molecular flexibility index (Phi) is 8.47. The van der Waals surface area contributed by atoms with Crippen LogP contribution in [0, 0.1) is 17.1 Å². The van der Waals surface area contributed by atoms with Gasteiger partial charge in [-0.3, -0.25) is 4.79 Å². The molecule has 0 aliphatic rings. The maximum Gasteiger partial charge on any atom is 0.266 e. The Bertz CT molecular complexity index is 1200. The third kappa shape index (κ3) is 6.82. The second-order valence-electron chi connectivity index (χ2n) is 6.81. The predicted octanol–water partition coefficient (Wildman–Crippen LogP) is 6.76. The van der Waals surface area contributed by atoms with Crippen molar-refractivity contribution in [1.82, 2.24) is 0 Å². The minimum atomic E-state index is -0.560. The number of anilines is 1. The van der Waals surface area contributed by atoms with Crippen LogP contribution in [0.4, 0.5) is 10.1 Å². The molecule has 0 saturated carbocycles. The number of rotatable bonds is 8. The number of carbonyl (C=O) groups is 1. The van der Waals surface area contributed by atoms with Gasteiger partial charge < -0.3 is 14.8 Å². The van der Waals surface area contributed by atoms with E-state index < -0.39 is 5.91 Å². The number of amides is 1. The summed E-state index contributed by atoms with van der Waals surface area (Å²) in [6, 6.07) is 18.0. The molecule has 0 aliphatic heterocycles. The van der Waals surface area contributed by atoms with E-state index in [1.807, 2.05) is 13.0 Å². The zero-order chi connectivity index (χ0) is 23.8. The normalized spacial score (nSPS) is 10.9. The van der Waals surface area contributed by atoms with Crippen LogP contribution in [0.3, 0.4) is 0 Å². The van der Waals surface area contributed by atoms with Crippen molar-refractivity contribution in [2.75, 3.05) is 11.9 Å². The molecule has 0 aromatic heterocycles. The van der Waals surface area contributed by atoms with Gasteiger partial charge in [-0.05, 0) is 76.5 Å². The summed E-state index contributed by atoms with van der Waals surface area (Å²) in [6.45, 7) is 2.56. The second-order valence-corrected chi connectivity index (χ2v) is 8.08. The maximum absolute atomic E-state index is 13.1. The van der Waals surface area contributed by atoms with Gasteiger partial charge in [-0.25, -0.2) is 4.39 Å². The first-order valence-electron chi connectivity index (χ1n) is 9.92. The maximum atomic E-state index is 13.1. The zero-order valence-corrected chi connectivity index (χ0v) is 19.9. The van der Waals surface area contributed by atoms with Gasteiger partial charge in [0.2, 0.25) is 0 Å². The summed E-state index contributed by atoms with van der Waals surface area (Å²) >= 11 is 9.78. The monoisotopic (exact) mass is 528 g/mol. The molecule has 0 heterocycles. The number of carbonyl (C=O) groups excluding carboxylic acids is 1. The average molecular weight is 530 g/mol. The van der Waals surface area contributed by atoms with Gasteiger partial charge in [0.1, 0.15) is 29.8 Å². The van der Waals surface area contributed by atoms with Crippen LogP contribution in [0.2, 0.25) is 5.02 Å². The SMILES string of the molecule is CCOc1cccc(NC(=O)/C(C#N)=C\c2cc(Cl)c(OCc3ccc(F)cc3)c(Br)c2)c1. The number of nitrogens with zero attached hydrogens (tertiary/aromatic N) is 1. The largest absolute Gasteiger partial charge is 0.494 e. The number of benzene rings is 3. The van der Waals surface area contributed by atoms with Crippen LogP contribution in [0.15, 0.2) is 70.7 Å². The molecule has 1 N–H and O–H groups in total. The molecule has 0 bridgehead atoms. The van der Waals surface area contributed by atoms with Crippen molar-refractivity contribution in [2.45, 2.75) is 13.5 Å². The van der Waals surface area contributed by atoms with Crippen LogP contribution in [-0.2, 0) is 11.4 Å². The van der Waals surface area contributed by atoms with Gasteiger partial charge in [-0.1, -0.05) is 29.8 Å². The smallest absolute Gasteiger partial charge is 0.266 e. The van der Waals surface area contributed by atoms with E-state index in [1.165, 1.54) is 18.2 Å². The van der Waals surface area contributed by atoms with E-state index in [0.717, 1.165) is 5.56 Å². The minimum Gasteiger partial charge on any atom is -0.494 e. The fourth-order valence-electron chi connectivity index (χ4n) is 2.88. The fraction of sp³-hybridized carbons (Fsp3) is 0.120. The summed E-state index contributed by atoms with van der Waals surface area (Å²) in [5, 5.41) is 12.5. The van der Waals surface area contributed by atoms with Crippen LogP contribution < -0.4 is 14.8 Å². The van der Waals surface area contributed by atoms with Gasteiger partial charge in [0.05, 0.1) is 16.1 Å². The Hall–Kier alpha value is -3.34. The highest BCUT2D eigenvalue weighted by Crippen LogP contribution is 2.35. The molecule has 3 aromatic carbocycles. The summed E-state index contributed by atoms with van der Waals surface area (Å²) in [5.41, 5.74) is 1.73. The molecule has 0 unspecified atom stereocenters. The first-order valence-corrected chi connectivity index (χ1v) is 11.1. The van der Waals surface area contributed by atoms with E-state index in [2.05, 4.69) is 21.2 Å². The van der Waals surface area contributed by atoms with Gasteiger partial charge in [0.15, 0.2) is 5.75 Å². The van der Waals surface area contributed by atoms with E-state index in [4.69, 9.17) is 21.1 Å². The molecule has 0 saturated heterocycles. The topological polar surface area (TPSA) is 71.3 Å². The first kappa shape index (κ1) is 24.3. The molecule has 0 fully saturated rings. The number of nitrogens with one attached hydrogen (secondary N) is 1. The highest BCUT2D eigenvalue weighted by molar-refractivity contribution is 9.10. The Balaban J connectivity index is 1.75. The number of ether oxygens (including phenoxy) is 2. The number of hydrogen-bond donors (Lipinski definition) is 1. The lowest BCUT2D eigenvalue weighted by Gasteiger charge is -2.12. The Morgan fingerprint density at radius 3 is 2.61 bits per heavy atom. The zero-order valence-electron chi connectivity index (χ0n) is 17.6. The van der Waals surface area contributed by atoms with E-state index in [-0.39, 0.29) is 18.0 Å². The lowest BCUT2D eigenvalue weighted by molar-refractivity contribution is -0.112. The Morgan fingerprint density at radius 2 is 1.94 bits per heavy atom. The van der Waals surface area contributed by atoms with Crippen LogP contribution >= 0.6 is 27.5 Å². The average Bonchev–Trinajstić information content (AvgIpc) is 2.78. The van der Waals surface area contributed by atoms with Crippen LogP contribution in [0.25, 0.3) is 6.08 Å². The lowest BCUT2D eigenvalue weighted by Crippen LogP contribution is -2.13. The van der Waals surface area contributed by atoms with Crippen molar-refractivity contribution >= 4 is 45.2 Å². The van der Waals surface area contributed by atoms with Crippen molar-refractivity contribution in [1.29, 1.82) is 5.26 Å². The van der Waals surface area contributed by atoms with Crippen molar-refractivity contribution in [2.24, 2.45) is 0 Å². The molecule has 5 nitrogen and oxygen atoms in total. The van der Waals surface area contributed by atoms with Crippen LogP contribution in [0.1, 0.15) is 18.1 Å². The standard InChI is InChI=1S/C25H19BrClFN2O3/c1-2-32-21-5-3-4-20(13-21)30-25(31)18(14-29)10-17-11-22(26)24(23(27)12-17)33-15-16-6-8-19(28)9-7-16/h3-13H,2,15H2,1H3,(H,30,31)/b18-10-. The molecule has 8 heteroatoms. The lowest BCUT2D eigenvalue weighted by atomic mass is 10.1. The third-order valence-electron chi connectivity index (χ3n) is 4.40. The number of halogens is 3. The van der Waals surface area contributed by atoms with Crippen LogP contribution in [-0.4, -0.2) is 12.5 Å². The van der Waals surface area contributed by atoms with Crippen LogP contribution in [0.5, 0.6) is 11.5 Å². The van der Waals surface area contributed by atoms with Crippen molar-refractivity contribution in [3.8, 4) is 17.6 Å². The number of nitriles is 1. The van der Waals surface area contributed by atoms with E-state index in [1.54, 1.807) is 48.5 Å². The van der Waals surface area contributed by atoms with E-state index in [0.29, 0.717) is 38.9 Å². The Morgan fingerprint density at radius 1 is 1.18 bits per heavy atom. The molecule has 33 heavy (non-hydrogen) atoms. The summed E-state index contributed by atoms with van der Waals surface area (Å²) < 4.78 is 24.8. The third-order valence-corrected chi connectivity index (χ3v) is 5.27. The van der Waals surface area contributed by atoms with Crippen molar-refractivity contribution < 1.29 is 18.7 Å². The minimum absolute atomic E-state index is 0.0974.